The van der Waals surface area contributed by atoms with Crippen molar-refractivity contribution in [1.29, 1.82) is 5.26 Å². The lowest BCUT2D eigenvalue weighted by molar-refractivity contribution is 0.0307. The average molecular weight is 460 g/mol. The lowest BCUT2D eigenvalue weighted by Gasteiger charge is -2.54. The van der Waals surface area contributed by atoms with E-state index in [-0.39, 0.29) is 11.0 Å². The first kappa shape index (κ1) is 25.0. The van der Waals surface area contributed by atoms with Gasteiger partial charge in [-0.3, -0.25) is 0 Å². The Balaban J connectivity index is 1.34. The van der Waals surface area contributed by atoms with Crippen molar-refractivity contribution in [3.05, 3.63) is 59.4 Å². The van der Waals surface area contributed by atoms with E-state index < -0.39 is 5.82 Å². The molecule has 0 radical (unpaired) electrons. The number of fused-ring (bicyclic) bond motifs is 3. The smallest absolute Gasteiger partial charge is 0.141 e. The van der Waals surface area contributed by atoms with Gasteiger partial charge in [0, 0.05) is 0 Å². The maximum absolute atomic E-state index is 14.4. The van der Waals surface area contributed by atoms with Crippen molar-refractivity contribution in [2.75, 3.05) is 0 Å². The van der Waals surface area contributed by atoms with Gasteiger partial charge in [0.15, 0.2) is 0 Å². The van der Waals surface area contributed by atoms with Crippen LogP contribution in [0.3, 0.4) is 0 Å². The zero-order valence-electron chi connectivity index (χ0n) is 21.2. The number of benzene rings is 2. The molecule has 0 aromatic heterocycles. The Kier molecular flexibility index (Phi) is 8.46. The summed E-state index contributed by atoms with van der Waals surface area (Å²) >= 11 is 0. The molecule has 0 saturated heterocycles. The molecular weight excluding hydrogens is 417 g/mol. The highest BCUT2D eigenvalue weighted by Gasteiger charge is 2.49. The highest BCUT2D eigenvalue weighted by atomic mass is 19.1. The van der Waals surface area contributed by atoms with Crippen LogP contribution in [0.1, 0.15) is 121 Å². The number of hydrogen-bond donors (Lipinski definition) is 0. The van der Waals surface area contributed by atoms with Crippen LogP contribution in [-0.4, -0.2) is 0 Å². The lowest BCUT2D eigenvalue weighted by atomic mass is 9.50. The van der Waals surface area contributed by atoms with Crippen LogP contribution in [0.5, 0.6) is 0 Å². The fourth-order valence-electron chi connectivity index (χ4n) is 6.82. The van der Waals surface area contributed by atoms with Crippen molar-refractivity contribution in [1.82, 2.24) is 0 Å². The molecular formula is C32H42FN. The van der Waals surface area contributed by atoms with Crippen LogP contribution in [0.25, 0.3) is 11.1 Å². The predicted octanol–water partition coefficient (Wildman–Crippen LogP) is 9.88. The summed E-state index contributed by atoms with van der Waals surface area (Å²) in [7, 11) is 0. The van der Waals surface area contributed by atoms with E-state index in [2.05, 4.69) is 31.2 Å². The van der Waals surface area contributed by atoms with Gasteiger partial charge < -0.3 is 0 Å². The molecule has 182 valence electrons. The minimum Gasteiger partial charge on any atom is -0.206 e. The molecule has 2 aromatic rings. The van der Waals surface area contributed by atoms with Crippen LogP contribution in [0.2, 0.25) is 0 Å². The zero-order chi connectivity index (χ0) is 23.9. The Labute approximate surface area is 206 Å². The summed E-state index contributed by atoms with van der Waals surface area (Å²) in [5.74, 6) is -0.417. The molecule has 3 saturated carbocycles. The van der Waals surface area contributed by atoms with Crippen LogP contribution >= 0.6 is 0 Å². The molecule has 34 heavy (non-hydrogen) atoms. The minimum atomic E-state index is -0.417. The average Bonchev–Trinajstić information content (AvgIpc) is 2.89. The molecule has 2 aromatic carbocycles. The summed E-state index contributed by atoms with van der Waals surface area (Å²) in [6.45, 7) is 2.29. The Bertz CT molecular complexity index is 960. The molecule has 0 unspecified atom stereocenters. The van der Waals surface area contributed by atoms with Gasteiger partial charge in [-0.2, -0.15) is 5.26 Å². The van der Waals surface area contributed by atoms with Crippen molar-refractivity contribution >= 4 is 0 Å². The molecule has 3 aliphatic carbocycles. The van der Waals surface area contributed by atoms with E-state index >= 15 is 0 Å². The van der Waals surface area contributed by atoms with Crippen LogP contribution in [0.4, 0.5) is 4.39 Å². The largest absolute Gasteiger partial charge is 0.206 e. The number of unbranched alkanes of at least 4 members (excludes halogenated alkanes) is 8. The quantitative estimate of drug-likeness (QED) is 0.290. The van der Waals surface area contributed by atoms with Gasteiger partial charge in [-0.05, 0) is 84.6 Å². The van der Waals surface area contributed by atoms with Gasteiger partial charge in [0.25, 0.3) is 0 Å². The van der Waals surface area contributed by atoms with Gasteiger partial charge in [-0.1, -0.05) is 95.0 Å². The molecule has 3 fully saturated rings. The highest BCUT2D eigenvalue weighted by Crippen LogP contribution is 2.60. The van der Waals surface area contributed by atoms with E-state index in [1.807, 2.05) is 12.1 Å². The normalized spacial score (nSPS) is 23.7. The molecule has 0 aliphatic heterocycles. The van der Waals surface area contributed by atoms with Gasteiger partial charge in [-0.25, -0.2) is 4.39 Å². The monoisotopic (exact) mass is 459 g/mol. The summed E-state index contributed by atoms with van der Waals surface area (Å²) in [4.78, 5) is 0. The second kappa shape index (κ2) is 11.5. The Morgan fingerprint density at radius 3 is 2.03 bits per heavy atom. The van der Waals surface area contributed by atoms with Crippen molar-refractivity contribution in [3.63, 3.8) is 0 Å². The van der Waals surface area contributed by atoms with E-state index in [1.165, 1.54) is 108 Å². The van der Waals surface area contributed by atoms with Gasteiger partial charge >= 0.3 is 0 Å². The van der Waals surface area contributed by atoms with E-state index in [4.69, 9.17) is 5.26 Å². The third kappa shape index (κ3) is 5.56. The topological polar surface area (TPSA) is 23.8 Å². The Morgan fingerprint density at radius 1 is 0.794 bits per heavy atom. The third-order valence-corrected chi connectivity index (χ3v) is 9.11. The van der Waals surface area contributed by atoms with E-state index in [9.17, 15) is 4.39 Å². The fraction of sp³-hybridized carbons (Fsp3) is 0.594. The SMILES string of the molecule is CCCCCCCCCCCC12CCC(c3ccccc3-c3ccc(C#N)c(F)c3)(CC1)CC2. The predicted molar refractivity (Wildman–Crippen MR) is 140 cm³/mol. The summed E-state index contributed by atoms with van der Waals surface area (Å²) in [6, 6.07) is 15.7. The van der Waals surface area contributed by atoms with Crippen LogP contribution < -0.4 is 0 Å². The number of rotatable bonds is 12. The standard InChI is InChI=1S/C32H42FN/c1-2-3-4-5-6-7-8-9-12-17-31-18-21-32(22-19-31,23-20-31)29-14-11-10-13-28(29)26-15-16-27(25-34)30(33)24-26/h10-11,13-16,24H,2-9,12,17-23H2,1H3. The minimum absolute atomic E-state index is 0.121. The van der Waals surface area contributed by atoms with Gasteiger partial charge in [0.1, 0.15) is 11.9 Å². The summed E-state index contributed by atoms with van der Waals surface area (Å²) in [6.07, 6.45) is 21.9. The summed E-state index contributed by atoms with van der Waals surface area (Å²) in [5, 5.41) is 9.10. The third-order valence-electron chi connectivity index (χ3n) is 9.11. The maximum Gasteiger partial charge on any atom is 0.141 e. The van der Waals surface area contributed by atoms with Crippen molar-refractivity contribution in [2.24, 2.45) is 5.41 Å². The lowest BCUT2D eigenvalue weighted by Crippen LogP contribution is -2.44. The molecule has 0 heterocycles. The first-order valence-corrected chi connectivity index (χ1v) is 13.9. The molecule has 0 spiro atoms. The summed E-state index contributed by atoms with van der Waals surface area (Å²) < 4.78 is 14.4. The highest BCUT2D eigenvalue weighted by molar-refractivity contribution is 5.70. The fourth-order valence-corrected chi connectivity index (χ4v) is 6.82. The number of halogens is 1. The van der Waals surface area contributed by atoms with E-state index in [0.717, 1.165) is 11.1 Å². The second-order valence-corrected chi connectivity index (χ2v) is 11.2. The molecule has 0 atom stereocenters. The zero-order valence-corrected chi connectivity index (χ0v) is 21.2. The second-order valence-electron chi connectivity index (χ2n) is 11.2. The first-order chi connectivity index (χ1) is 16.6. The van der Waals surface area contributed by atoms with Crippen LogP contribution in [0.15, 0.2) is 42.5 Å². The first-order valence-electron chi connectivity index (χ1n) is 13.9. The van der Waals surface area contributed by atoms with Gasteiger partial charge in [-0.15, -0.1) is 0 Å². The van der Waals surface area contributed by atoms with Crippen molar-refractivity contribution in [3.8, 4) is 17.2 Å². The number of nitriles is 1. The molecule has 3 aliphatic rings. The van der Waals surface area contributed by atoms with Crippen LogP contribution in [0, 0.1) is 22.6 Å². The number of hydrogen-bond acceptors (Lipinski definition) is 1. The molecule has 2 heteroatoms. The van der Waals surface area contributed by atoms with Crippen LogP contribution in [-0.2, 0) is 5.41 Å². The van der Waals surface area contributed by atoms with Crippen molar-refractivity contribution in [2.45, 2.75) is 115 Å². The Morgan fingerprint density at radius 2 is 1.41 bits per heavy atom. The molecule has 1 nitrogen and oxygen atoms in total. The summed E-state index contributed by atoms with van der Waals surface area (Å²) in [5.41, 5.74) is 4.39. The van der Waals surface area contributed by atoms with Gasteiger partial charge in [0.05, 0.1) is 5.56 Å². The molecule has 2 bridgehead atoms. The van der Waals surface area contributed by atoms with E-state index in [1.54, 1.807) is 12.1 Å². The molecule has 0 amide bonds. The molecule has 0 N–H and O–H groups in total. The molecule has 5 rings (SSSR count). The van der Waals surface area contributed by atoms with E-state index in [0.29, 0.717) is 5.41 Å². The number of nitrogens with zero attached hydrogens (tertiary/aromatic N) is 1. The van der Waals surface area contributed by atoms with Gasteiger partial charge in [0.2, 0.25) is 0 Å². The Hall–Kier alpha value is -2.14. The maximum atomic E-state index is 14.4. The van der Waals surface area contributed by atoms with Crippen molar-refractivity contribution < 1.29 is 4.39 Å².